The highest BCUT2D eigenvalue weighted by Gasteiger charge is 2.18. The highest BCUT2D eigenvalue weighted by molar-refractivity contribution is 5.85. The first-order chi connectivity index (χ1) is 4.88. The first-order valence-electron chi connectivity index (χ1n) is 3.70. The van der Waals surface area contributed by atoms with Gasteiger partial charge in [-0.3, -0.25) is 0 Å². The van der Waals surface area contributed by atoms with Crippen molar-refractivity contribution in [1.82, 2.24) is 0 Å². The minimum atomic E-state index is 0. The Hall–Kier alpha value is -0.470. The molecule has 1 aliphatic rings. The molecule has 1 aromatic heterocycles. The highest BCUT2D eigenvalue weighted by atomic mass is 35.5. The monoisotopic (exact) mass is 173 g/mol. The van der Waals surface area contributed by atoms with Crippen LogP contribution in [0.3, 0.4) is 0 Å². The molecule has 1 atom stereocenters. The molecule has 1 aliphatic carbocycles. The van der Waals surface area contributed by atoms with E-state index in [1.165, 1.54) is 12.0 Å². The van der Waals surface area contributed by atoms with Gasteiger partial charge in [0, 0.05) is 0 Å². The van der Waals surface area contributed by atoms with E-state index in [0.717, 1.165) is 18.6 Å². The van der Waals surface area contributed by atoms with E-state index >= 15 is 0 Å². The number of nitrogens with two attached hydrogens (primary N) is 1. The van der Waals surface area contributed by atoms with Gasteiger partial charge >= 0.3 is 0 Å². The van der Waals surface area contributed by atoms with Crippen LogP contribution in [0.1, 0.15) is 30.2 Å². The Morgan fingerprint density at radius 3 is 3.09 bits per heavy atom. The summed E-state index contributed by atoms with van der Waals surface area (Å²) in [6, 6.07) is 2.17. The summed E-state index contributed by atoms with van der Waals surface area (Å²) in [6.07, 6.45) is 5.14. The summed E-state index contributed by atoms with van der Waals surface area (Å²) in [5, 5.41) is 0. The van der Waals surface area contributed by atoms with Crippen molar-refractivity contribution in [2.75, 3.05) is 0 Å². The number of hydrogen-bond donors (Lipinski definition) is 1. The molecular formula is C8H12ClNO. The average Bonchev–Trinajstić information content (AvgIpc) is 2.36. The van der Waals surface area contributed by atoms with Crippen LogP contribution in [0.5, 0.6) is 0 Å². The summed E-state index contributed by atoms with van der Waals surface area (Å²) in [7, 11) is 0. The zero-order valence-corrected chi connectivity index (χ0v) is 7.06. The maximum absolute atomic E-state index is 5.80. The lowest BCUT2D eigenvalue weighted by Crippen LogP contribution is -2.15. The Kier molecular flexibility index (Phi) is 2.58. The lowest BCUT2D eigenvalue weighted by atomic mass is 9.95. The second-order valence-corrected chi connectivity index (χ2v) is 2.81. The van der Waals surface area contributed by atoms with Gasteiger partial charge in [-0.15, -0.1) is 12.4 Å². The van der Waals surface area contributed by atoms with E-state index in [1.54, 1.807) is 6.26 Å². The highest BCUT2D eigenvalue weighted by Crippen LogP contribution is 2.27. The number of halogens is 1. The third-order valence-corrected chi connectivity index (χ3v) is 2.08. The number of aryl methyl sites for hydroxylation is 1. The Morgan fingerprint density at radius 2 is 2.36 bits per heavy atom. The number of furan rings is 1. The SMILES string of the molecule is Cl.NC1CCCc2ccoc21. The van der Waals surface area contributed by atoms with Gasteiger partial charge in [-0.2, -0.15) is 0 Å². The van der Waals surface area contributed by atoms with Gasteiger partial charge in [0.25, 0.3) is 0 Å². The zero-order chi connectivity index (χ0) is 6.97. The summed E-state index contributed by atoms with van der Waals surface area (Å²) in [4.78, 5) is 0. The third kappa shape index (κ3) is 1.42. The van der Waals surface area contributed by atoms with Crippen molar-refractivity contribution in [2.45, 2.75) is 25.3 Å². The van der Waals surface area contributed by atoms with Crippen molar-refractivity contribution in [3.05, 3.63) is 23.7 Å². The van der Waals surface area contributed by atoms with Crippen LogP contribution in [-0.2, 0) is 6.42 Å². The topological polar surface area (TPSA) is 39.2 Å². The summed E-state index contributed by atoms with van der Waals surface area (Å²) in [5.74, 6) is 1.01. The Balaban J connectivity index is 0.000000605. The Morgan fingerprint density at radius 1 is 1.55 bits per heavy atom. The molecule has 0 radical (unpaired) electrons. The van der Waals surface area contributed by atoms with Gasteiger partial charge in [0.15, 0.2) is 0 Å². The van der Waals surface area contributed by atoms with Crippen molar-refractivity contribution in [3.8, 4) is 0 Å². The van der Waals surface area contributed by atoms with E-state index in [-0.39, 0.29) is 18.4 Å². The standard InChI is InChI=1S/C8H11NO.ClH/c9-7-3-1-2-6-4-5-10-8(6)7;/h4-5,7H,1-3,9H2;1H. The van der Waals surface area contributed by atoms with Crippen LogP contribution in [0.25, 0.3) is 0 Å². The molecule has 2 rings (SSSR count). The predicted molar refractivity (Wildman–Crippen MR) is 45.8 cm³/mol. The minimum Gasteiger partial charge on any atom is -0.467 e. The van der Waals surface area contributed by atoms with Gasteiger partial charge in [-0.05, 0) is 30.9 Å². The van der Waals surface area contributed by atoms with Crippen molar-refractivity contribution in [2.24, 2.45) is 5.73 Å². The Labute approximate surface area is 72.2 Å². The molecule has 1 heterocycles. The van der Waals surface area contributed by atoms with Crippen LogP contribution in [0.15, 0.2) is 16.7 Å². The van der Waals surface area contributed by atoms with Crippen LogP contribution in [0.2, 0.25) is 0 Å². The molecule has 0 saturated heterocycles. The van der Waals surface area contributed by atoms with E-state index < -0.39 is 0 Å². The molecule has 0 bridgehead atoms. The Bertz CT molecular complexity index is 234. The number of fused-ring (bicyclic) bond motifs is 1. The van der Waals surface area contributed by atoms with Crippen LogP contribution >= 0.6 is 12.4 Å². The molecule has 0 spiro atoms. The molecule has 0 saturated carbocycles. The molecule has 0 amide bonds. The molecule has 0 fully saturated rings. The average molecular weight is 174 g/mol. The quantitative estimate of drug-likeness (QED) is 0.652. The largest absolute Gasteiger partial charge is 0.467 e. The summed E-state index contributed by atoms with van der Waals surface area (Å²) < 4.78 is 5.24. The predicted octanol–water partition coefficient (Wildman–Crippen LogP) is 2.04. The van der Waals surface area contributed by atoms with Crippen molar-refractivity contribution >= 4 is 12.4 Å². The van der Waals surface area contributed by atoms with E-state index in [2.05, 4.69) is 0 Å². The van der Waals surface area contributed by atoms with E-state index in [9.17, 15) is 0 Å². The van der Waals surface area contributed by atoms with Crippen LogP contribution < -0.4 is 5.73 Å². The molecular weight excluding hydrogens is 162 g/mol. The third-order valence-electron chi connectivity index (χ3n) is 2.08. The van der Waals surface area contributed by atoms with Gasteiger partial charge in [-0.1, -0.05) is 0 Å². The van der Waals surface area contributed by atoms with Crippen LogP contribution in [0, 0.1) is 0 Å². The van der Waals surface area contributed by atoms with Crippen molar-refractivity contribution < 1.29 is 4.42 Å². The van der Waals surface area contributed by atoms with Crippen LogP contribution in [-0.4, -0.2) is 0 Å². The fourth-order valence-corrected chi connectivity index (χ4v) is 1.52. The molecule has 2 nitrogen and oxygen atoms in total. The maximum atomic E-state index is 5.80. The van der Waals surface area contributed by atoms with E-state index in [0.29, 0.717) is 0 Å². The van der Waals surface area contributed by atoms with Crippen molar-refractivity contribution in [1.29, 1.82) is 0 Å². The molecule has 11 heavy (non-hydrogen) atoms. The van der Waals surface area contributed by atoms with Crippen molar-refractivity contribution in [3.63, 3.8) is 0 Å². The first-order valence-corrected chi connectivity index (χ1v) is 3.70. The van der Waals surface area contributed by atoms with E-state index in [1.807, 2.05) is 6.07 Å². The second kappa shape index (κ2) is 3.28. The first kappa shape index (κ1) is 8.62. The molecule has 0 aliphatic heterocycles. The van der Waals surface area contributed by atoms with Gasteiger partial charge in [0.2, 0.25) is 0 Å². The smallest absolute Gasteiger partial charge is 0.123 e. The maximum Gasteiger partial charge on any atom is 0.123 e. The molecule has 3 heteroatoms. The van der Waals surface area contributed by atoms with Gasteiger partial charge in [-0.25, -0.2) is 0 Å². The summed E-state index contributed by atoms with van der Waals surface area (Å²) in [6.45, 7) is 0. The zero-order valence-electron chi connectivity index (χ0n) is 6.25. The summed E-state index contributed by atoms with van der Waals surface area (Å²) >= 11 is 0. The van der Waals surface area contributed by atoms with E-state index in [4.69, 9.17) is 10.2 Å². The normalized spacial score (nSPS) is 22.1. The number of hydrogen-bond acceptors (Lipinski definition) is 2. The fraction of sp³-hybridized carbons (Fsp3) is 0.500. The molecule has 62 valence electrons. The lowest BCUT2D eigenvalue weighted by molar-refractivity contribution is 0.423. The minimum absolute atomic E-state index is 0. The molecule has 1 unspecified atom stereocenters. The second-order valence-electron chi connectivity index (χ2n) is 2.81. The molecule has 0 aromatic carbocycles. The fourth-order valence-electron chi connectivity index (χ4n) is 1.52. The molecule has 2 N–H and O–H groups in total. The summed E-state index contributed by atoms with van der Waals surface area (Å²) in [5.41, 5.74) is 7.10. The van der Waals surface area contributed by atoms with Gasteiger partial charge in [0.05, 0.1) is 12.3 Å². The molecule has 1 aromatic rings. The number of rotatable bonds is 0. The lowest BCUT2D eigenvalue weighted by Gasteiger charge is -2.15. The van der Waals surface area contributed by atoms with Crippen LogP contribution in [0.4, 0.5) is 0 Å². The van der Waals surface area contributed by atoms with Gasteiger partial charge < -0.3 is 10.2 Å². The van der Waals surface area contributed by atoms with Gasteiger partial charge in [0.1, 0.15) is 5.76 Å².